The van der Waals surface area contributed by atoms with Gasteiger partial charge in [-0.2, -0.15) is 0 Å². The summed E-state index contributed by atoms with van der Waals surface area (Å²) in [6.07, 6.45) is 0.871. The molecule has 0 saturated carbocycles. The normalized spacial score (nSPS) is 20.4. The minimum atomic E-state index is -0.322. The molecular weight excluding hydrogens is 319 g/mol. The lowest BCUT2D eigenvalue weighted by molar-refractivity contribution is -0.141. The highest BCUT2D eigenvalue weighted by atomic mass is 19.1. The Balaban J connectivity index is 1.76. The van der Waals surface area contributed by atoms with E-state index in [1.807, 2.05) is 30.3 Å². The molecule has 1 aliphatic rings. The molecule has 0 spiro atoms. The van der Waals surface area contributed by atoms with Crippen LogP contribution in [-0.4, -0.2) is 23.8 Å². The molecule has 1 heterocycles. The van der Waals surface area contributed by atoms with Crippen LogP contribution in [0, 0.1) is 11.7 Å². The second-order valence-corrected chi connectivity index (χ2v) is 6.35. The van der Waals surface area contributed by atoms with E-state index in [1.165, 1.54) is 12.1 Å². The Bertz CT molecular complexity index is 763. The predicted molar refractivity (Wildman–Crippen MR) is 92.9 cm³/mol. The van der Waals surface area contributed by atoms with Crippen LogP contribution in [0.2, 0.25) is 0 Å². The van der Waals surface area contributed by atoms with Gasteiger partial charge in [-0.25, -0.2) is 4.39 Å². The van der Waals surface area contributed by atoms with Crippen molar-refractivity contribution in [1.29, 1.82) is 0 Å². The molecule has 25 heavy (non-hydrogen) atoms. The summed E-state index contributed by atoms with van der Waals surface area (Å²) in [5.74, 6) is -0.712. The first kappa shape index (κ1) is 17.1. The quantitative estimate of drug-likeness (QED) is 0.930. The summed E-state index contributed by atoms with van der Waals surface area (Å²) in [4.78, 5) is 26.5. The van der Waals surface area contributed by atoms with Crippen LogP contribution < -0.4 is 5.32 Å². The van der Waals surface area contributed by atoms with Gasteiger partial charge in [-0.1, -0.05) is 42.5 Å². The molecule has 0 bridgehead atoms. The van der Waals surface area contributed by atoms with E-state index in [1.54, 1.807) is 24.1 Å². The Morgan fingerprint density at radius 1 is 1.20 bits per heavy atom. The van der Waals surface area contributed by atoms with E-state index in [4.69, 9.17) is 0 Å². The molecule has 2 aromatic carbocycles. The molecule has 4 nitrogen and oxygen atoms in total. The fourth-order valence-electron chi connectivity index (χ4n) is 3.39. The summed E-state index contributed by atoms with van der Waals surface area (Å²) in [6.45, 7) is 0.270. The standard InChI is InChI=1S/C20H21FN2O2/c1-23-18(24)11-10-17(19(23)15-7-3-2-4-8-15)20(25)22-13-14-6-5-9-16(21)12-14/h2-9,12,17,19H,10-11,13H2,1H3,(H,22,25)/t17-,19-/m0/s1. The monoisotopic (exact) mass is 340 g/mol. The van der Waals surface area contributed by atoms with Gasteiger partial charge in [0.1, 0.15) is 5.82 Å². The van der Waals surface area contributed by atoms with E-state index >= 15 is 0 Å². The third-order valence-electron chi connectivity index (χ3n) is 4.69. The maximum atomic E-state index is 13.3. The van der Waals surface area contributed by atoms with Gasteiger partial charge in [0.2, 0.25) is 11.8 Å². The van der Waals surface area contributed by atoms with Crippen LogP contribution in [-0.2, 0) is 16.1 Å². The Labute approximate surface area is 146 Å². The molecule has 5 heteroatoms. The van der Waals surface area contributed by atoms with Crippen LogP contribution in [0.4, 0.5) is 4.39 Å². The van der Waals surface area contributed by atoms with E-state index in [-0.39, 0.29) is 36.1 Å². The van der Waals surface area contributed by atoms with Crippen LogP contribution >= 0.6 is 0 Å². The smallest absolute Gasteiger partial charge is 0.225 e. The van der Waals surface area contributed by atoms with Crippen molar-refractivity contribution in [3.05, 3.63) is 71.5 Å². The van der Waals surface area contributed by atoms with E-state index in [0.29, 0.717) is 18.4 Å². The number of rotatable bonds is 4. The summed E-state index contributed by atoms with van der Waals surface area (Å²) in [5.41, 5.74) is 1.66. The number of carbonyl (C=O) groups is 2. The summed E-state index contributed by atoms with van der Waals surface area (Å²) in [5, 5.41) is 2.89. The summed E-state index contributed by atoms with van der Waals surface area (Å²) >= 11 is 0. The van der Waals surface area contributed by atoms with Crippen LogP contribution in [0.1, 0.15) is 30.0 Å². The Morgan fingerprint density at radius 3 is 2.68 bits per heavy atom. The number of nitrogens with zero attached hydrogens (tertiary/aromatic N) is 1. The molecule has 1 aliphatic heterocycles. The molecule has 2 aromatic rings. The van der Waals surface area contributed by atoms with Crippen molar-refractivity contribution in [2.24, 2.45) is 5.92 Å². The highest BCUT2D eigenvalue weighted by Gasteiger charge is 2.38. The fraction of sp³-hybridized carbons (Fsp3) is 0.300. The van der Waals surface area contributed by atoms with Crippen molar-refractivity contribution in [2.45, 2.75) is 25.4 Å². The molecule has 1 N–H and O–H groups in total. The summed E-state index contributed by atoms with van der Waals surface area (Å²) < 4.78 is 13.3. The highest BCUT2D eigenvalue weighted by molar-refractivity contribution is 5.84. The predicted octanol–water partition coefficient (Wildman–Crippen LogP) is 3.05. The van der Waals surface area contributed by atoms with E-state index < -0.39 is 0 Å². The molecule has 1 saturated heterocycles. The van der Waals surface area contributed by atoms with Crippen LogP contribution in [0.25, 0.3) is 0 Å². The minimum Gasteiger partial charge on any atom is -0.352 e. The zero-order valence-electron chi connectivity index (χ0n) is 14.1. The molecular formula is C20H21FN2O2. The largest absolute Gasteiger partial charge is 0.352 e. The van der Waals surface area contributed by atoms with E-state index in [9.17, 15) is 14.0 Å². The number of hydrogen-bond donors (Lipinski definition) is 1. The van der Waals surface area contributed by atoms with Gasteiger partial charge >= 0.3 is 0 Å². The number of nitrogens with one attached hydrogen (secondary N) is 1. The van der Waals surface area contributed by atoms with Gasteiger partial charge in [0.15, 0.2) is 0 Å². The number of amides is 2. The van der Waals surface area contributed by atoms with Gasteiger partial charge in [0.05, 0.1) is 12.0 Å². The van der Waals surface area contributed by atoms with Crippen molar-refractivity contribution < 1.29 is 14.0 Å². The second-order valence-electron chi connectivity index (χ2n) is 6.35. The number of piperidine rings is 1. The zero-order chi connectivity index (χ0) is 17.8. The van der Waals surface area contributed by atoms with Crippen molar-refractivity contribution >= 4 is 11.8 Å². The van der Waals surface area contributed by atoms with Crippen molar-refractivity contribution in [3.63, 3.8) is 0 Å². The maximum absolute atomic E-state index is 13.3. The molecule has 2 amide bonds. The Hall–Kier alpha value is -2.69. The number of halogens is 1. The second kappa shape index (κ2) is 7.47. The first-order valence-electron chi connectivity index (χ1n) is 8.39. The summed E-state index contributed by atoms with van der Waals surface area (Å²) in [6, 6.07) is 15.5. The lowest BCUT2D eigenvalue weighted by atomic mass is 9.84. The Morgan fingerprint density at radius 2 is 1.96 bits per heavy atom. The molecule has 2 atom stereocenters. The van der Waals surface area contributed by atoms with E-state index in [0.717, 1.165) is 5.56 Å². The van der Waals surface area contributed by atoms with Crippen molar-refractivity contribution in [2.75, 3.05) is 7.05 Å². The molecule has 0 aromatic heterocycles. The number of carbonyl (C=O) groups excluding carboxylic acids is 2. The summed E-state index contributed by atoms with van der Waals surface area (Å²) in [7, 11) is 1.74. The van der Waals surface area contributed by atoms with Crippen molar-refractivity contribution in [1.82, 2.24) is 10.2 Å². The SMILES string of the molecule is CN1C(=O)CC[C@H](C(=O)NCc2cccc(F)c2)[C@@H]1c1ccccc1. The molecule has 3 rings (SSSR count). The average Bonchev–Trinajstić information content (AvgIpc) is 2.62. The zero-order valence-corrected chi connectivity index (χ0v) is 14.1. The average molecular weight is 340 g/mol. The van der Waals surface area contributed by atoms with Gasteiger partial charge in [-0.3, -0.25) is 9.59 Å². The first-order valence-corrected chi connectivity index (χ1v) is 8.39. The minimum absolute atomic E-state index is 0.0445. The molecule has 1 fully saturated rings. The maximum Gasteiger partial charge on any atom is 0.225 e. The molecule has 130 valence electrons. The van der Waals surface area contributed by atoms with Gasteiger partial charge in [-0.05, 0) is 29.7 Å². The topological polar surface area (TPSA) is 49.4 Å². The van der Waals surface area contributed by atoms with Gasteiger partial charge < -0.3 is 10.2 Å². The van der Waals surface area contributed by atoms with Crippen LogP contribution in [0.3, 0.4) is 0 Å². The van der Waals surface area contributed by atoms with Gasteiger partial charge in [0.25, 0.3) is 0 Å². The number of benzene rings is 2. The number of hydrogen-bond acceptors (Lipinski definition) is 2. The number of likely N-dealkylation sites (tertiary alicyclic amines) is 1. The first-order chi connectivity index (χ1) is 12.1. The fourth-order valence-corrected chi connectivity index (χ4v) is 3.39. The highest BCUT2D eigenvalue weighted by Crippen LogP contribution is 2.35. The molecule has 0 radical (unpaired) electrons. The molecule has 0 aliphatic carbocycles. The van der Waals surface area contributed by atoms with Gasteiger partial charge in [-0.15, -0.1) is 0 Å². The molecule has 0 unspecified atom stereocenters. The lowest BCUT2D eigenvalue weighted by Gasteiger charge is -2.38. The lowest BCUT2D eigenvalue weighted by Crippen LogP contribution is -2.46. The van der Waals surface area contributed by atoms with Gasteiger partial charge in [0, 0.05) is 20.0 Å². The third kappa shape index (κ3) is 3.87. The Kier molecular flexibility index (Phi) is 5.12. The van der Waals surface area contributed by atoms with Crippen molar-refractivity contribution in [3.8, 4) is 0 Å². The van der Waals surface area contributed by atoms with Crippen LogP contribution in [0.5, 0.6) is 0 Å². The van der Waals surface area contributed by atoms with E-state index in [2.05, 4.69) is 5.32 Å². The third-order valence-corrected chi connectivity index (χ3v) is 4.69. The van der Waals surface area contributed by atoms with Crippen LogP contribution in [0.15, 0.2) is 54.6 Å².